The molecule has 0 bridgehead atoms. The van der Waals surface area contributed by atoms with Gasteiger partial charge in [0.1, 0.15) is 5.54 Å². The van der Waals surface area contributed by atoms with E-state index in [0.29, 0.717) is 19.1 Å². The highest BCUT2D eigenvalue weighted by molar-refractivity contribution is 5.89. The lowest BCUT2D eigenvalue weighted by Gasteiger charge is -2.59. The van der Waals surface area contributed by atoms with E-state index in [1.165, 1.54) is 19.3 Å². The van der Waals surface area contributed by atoms with Gasteiger partial charge in [-0.3, -0.25) is 4.79 Å². The lowest BCUT2D eigenvalue weighted by atomic mass is 9.54. The second kappa shape index (κ2) is 5.64. The summed E-state index contributed by atoms with van der Waals surface area (Å²) in [6, 6.07) is 0.374. The first-order chi connectivity index (χ1) is 9.34. The van der Waals surface area contributed by atoms with Gasteiger partial charge in [-0.25, -0.2) is 0 Å². The smallest absolute Gasteiger partial charge is 0.243 e. The van der Waals surface area contributed by atoms with Gasteiger partial charge in [0.05, 0.1) is 6.10 Å². The van der Waals surface area contributed by atoms with E-state index in [1.54, 1.807) is 0 Å². The summed E-state index contributed by atoms with van der Waals surface area (Å²) in [5.41, 5.74) is 5.43. The number of ether oxygens (including phenoxy) is 1. The summed E-state index contributed by atoms with van der Waals surface area (Å²) in [6.45, 7) is 6.78. The summed E-state index contributed by atoms with van der Waals surface area (Å²) in [6.07, 6.45) is 6.73. The van der Waals surface area contributed by atoms with Crippen LogP contribution in [0.2, 0.25) is 0 Å². The van der Waals surface area contributed by atoms with Crippen molar-refractivity contribution in [3.8, 4) is 0 Å². The fraction of sp³-hybridized carbons (Fsp3) is 0.938. The van der Waals surface area contributed by atoms with Gasteiger partial charge in [-0.2, -0.15) is 0 Å². The van der Waals surface area contributed by atoms with Crippen LogP contribution >= 0.6 is 0 Å². The number of hydrogen-bond donors (Lipinski definition) is 1. The van der Waals surface area contributed by atoms with E-state index in [9.17, 15) is 4.79 Å². The lowest BCUT2D eigenvalue weighted by Crippen LogP contribution is -2.76. The van der Waals surface area contributed by atoms with Gasteiger partial charge in [0.25, 0.3) is 0 Å². The molecule has 0 aliphatic heterocycles. The zero-order valence-electron chi connectivity index (χ0n) is 13.4. The van der Waals surface area contributed by atoms with Crippen molar-refractivity contribution in [2.24, 2.45) is 11.1 Å². The predicted molar refractivity (Wildman–Crippen MR) is 80.4 cm³/mol. The minimum atomic E-state index is -0.765. The van der Waals surface area contributed by atoms with Crippen molar-refractivity contribution in [1.82, 2.24) is 4.90 Å². The Bertz CT molecular complexity index is 363. The number of carbonyl (C=O) groups is 1. The Morgan fingerprint density at radius 2 is 1.90 bits per heavy atom. The second-order valence-electron chi connectivity index (χ2n) is 7.05. The van der Waals surface area contributed by atoms with Crippen LogP contribution in [0.4, 0.5) is 0 Å². The van der Waals surface area contributed by atoms with Gasteiger partial charge < -0.3 is 15.4 Å². The van der Waals surface area contributed by atoms with Crippen molar-refractivity contribution in [3.63, 3.8) is 0 Å². The average Bonchev–Trinajstić information content (AvgIpc) is 2.46. The molecule has 20 heavy (non-hydrogen) atoms. The number of nitrogens with zero attached hydrogens (tertiary/aromatic N) is 1. The Labute approximate surface area is 123 Å². The van der Waals surface area contributed by atoms with Crippen LogP contribution in [0, 0.1) is 5.41 Å². The Balaban J connectivity index is 2.04. The van der Waals surface area contributed by atoms with Gasteiger partial charge in [0.2, 0.25) is 5.91 Å². The van der Waals surface area contributed by atoms with E-state index < -0.39 is 5.54 Å². The molecule has 0 radical (unpaired) electrons. The molecule has 4 heteroatoms. The molecule has 0 spiro atoms. The molecule has 0 saturated heterocycles. The molecule has 4 nitrogen and oxygen atoms in total. The quantitative estimate of drug-likeness (QED) is 0.861. The van der Waals surface area contributed by atoms with Crippen LogP contribution < -0.4 is 5.73 Å². The molecule has 0 aromatic rings. The molecule has 0 heterocycles. The Hall–Kier alpha value is -0.610. The van der Waals surface area contributed by atoms with Gasteiger partial charge in [0.15, 0.2) is 0 Å². The van der Waals surface area contributed by atoms with E-state index in [0.717, 1.165) is 12.8 Å². The van der Waals surface area contributed by atoms with Gasteiger partial charge in [-0.05, 0) is 19.8 Å². The molecule has 0 aromatic carbocycles. The first-order valence-electron chi connectivity index (χ1n) is 8.02. The maximum Gasteiger partial charge on any atom is 0.243 e. The third-order valence-corrected chi connectivity index (χ3v) is 5.65. The zero-order chi connectivity index (χ0) is 15.0. The predicted octanol–water partition coefficient (Wildman–Crippen LogP) is 2.31. The molecule has 1 amide bonds. The summed E-state index contributed by atoms with van der Waals surface area (Å²) in [4.78, 5) is 14.8. The minimum absolute atomic E-state index is 0.0983. The highest BCUT2D eigenvalue weighted by Crippen LogP contribution is 2.50. The molecule has 2 N–H and O–H groups in total. The highest BCUT2D eigenvalue weighted by atomic mass is 16.5. The average molecular weight is 282 g/mol. The van der Waals surface area contributed by atoms with Crippen LogP contribution in [-0.2, 0) is 9.53 Å². The molecule has 2 fully saturated rings. The largest absolute Gasteiger partial charge is 0.378 e. The van der Waals surface area contributed by atoms with Crippen LogP contribution in [0.1, 0.15) is 59.3 Å². The van der Waals surface area contributed by atoms with Crippen molar-refractivity contribution in [2.45, 2.75) is 77.0 Å². The molecule has 0 aromatic heterocycles. The van der Waals surface area contributed by atoms with Crippen molar-refractivity contribution < 1.29 is 9.53 Å². The molecule has 2 aliphatic rings. The van der Waals surface area contributed by atoms with Crippen LogP contribution in [-0.4, -0.2) is 42.1 Å². The number of nitrogens with two attached hydrogens (primary N) is 1. The van der Waals surface area contributed by atoms with Crippen LogP contribution in [0.5, 0.6) is 0 Å². The fourth-order valence-corrected chi connectivity index (χ4v) is 3.75. The normalized spacial score (nSPS) is 33.5. The third-order valence-electron chi connectivity index (χ3n) is 5.65. The minimum Gasteiger partial charge on any atom is -0.378 e. The van der Waals surface area contributed by atoms with E-state index in [4.69, 9.17) is 10.5 Å². The number of rotatable bonds is 4. The van der Waals surface area contributed by atoms with Gasteiger partial charge in [-0.1, -0.05) is 33.1 Å². The zero-order valence-corrected chi connectivity index (χ0v) is 13.4. The van der Waals surface area contributed by atoms with Gasteiger partial charge >= 0.3 is 0 Å². The number of carbonyl (C=O) groups excluding carboxylic acids is 1. The van der Waals surface area contributed by atoms with E-state index >= 15 is 0 Å². The third kappa shape index (κ3) is 2.37. The summed E-state index contributed by atoms with van der Waals surface area (Å²) < 4.78 is 5.71. The first-order valence-corrected chi connectivity index (χ1v) is 8.02. The molecule has 2 atom stereocenters. The van der Waals surface area contributed by atoms with Crippen molar-refractivity contribution in [2.75, 3.05) is 13.7 Å². The summed E-state index contributed by atoms with van der Waals surface area (Å²) >= 11 is 0. The summed E-state index contributed by atoms with van der Waals surface area (Å²) in [5, 5.41) is 0. The monoisotopic (exact) mass is 282 g/mol. The topological polar surface area (TPSA) is 55.6 Å². The van der Waals surface area contributed by atoms with E-state index in [1.807, 2.05) is 18.9 Å². The van der Waals surface area contributed by atoms with Gasteiger partial charge in [0, 0.05) is 31.5 Å². The number of likely N-dealkylation sites (N-methyl/N-ethyl adjacent to an activating group) is 1. The maximum absolute atomic E-state index is 12.9. The van der Waals surface area contributed by atoms with Crippen molar-refractivity contribution in [3.05, 3.63) is 0 Å². The fourth-order valence-electron chi connectivity index (χ4n) is 3.75. The second-order valence-corrected chi connectivity index (χ2v) is 7.05. The van der Waals surface area contributed by atoms with E-state index in [-0.39, 0.29) is 17.4 Å². The van der Waals surface area contributed by atoms with Crippen molar-refractivity contribution >= 4 is 5.91 Å². The van der Waals surface area contributed by atoms with Gasteiger partial charge in [-0.15, -0.1) is 0 Å². The molecular formula is C16H30N2O2. The maximum atomic E-state index is 12.9. The molecule has 2 rings (SSSR count). The Kier molecular flexibility index (Phi) is 4.45. The number of amides is 1. The molecule has 2 aliphatic carbocycles. The molecule has 2 unspecified atom stereocenters. The first kappa shape index (κ1) is 15.8. The summed E-state index contributed by atoms with van der Waals surface area (Å²) in [7, 11) is 1.93. The lowest BCUT2D eigenvalue weighted by molar-refractivity contribution is -0.180. The van der Waals surface area contributed by atoms with Crippen LogP contribution in [0.25, 0.3) is 0 Å². The van der Waals surface area contributed by atoms with E-state index in [2.05, 4.69) is 13.8 Å². The molecule has 2 saturated carbocycles. The van der Waals surface area contributed by atoms with Crippen LogP contribution in [0.15, 0.2) is 0 Å². The van der Waals surface area contributed by atoms with Crippen molar-refractivity contribution in [1.29, 1.82) is 0 Å². The summed E-state index contributed by atoms with van der Waals surface area (Å²) in [5.74, 6) is 0.102. The Morgan fingerprint density at radius 3 is 2.40 bits per heavy atom. The number of hydrogen-bond acceptors (Lipinski definition) is 3. The standard InChI is InChI=1S/C16H30N2O2/c1-5-20-13-11-16(17,15(13,2)3)14(19)18(4)12-9-7-6-8-10-12/h12-13H,5-11,17H2,1-4H3. The SMILES string of the molecule is CCOC1CC(N)(C(=O)N(C)C2CCCCC2)C1(C)C. The highest BCUT2D eigenvalue weighted by Gasteiger charge is 2.63. The Morgan fingerprint density at radius 1 is 1.30 bits per heavy atom. The van der Waals surface area contributed by atoms with Crippen LogP contribution in [0.3, 0.4) is 0 Å². The molecular weight excluding hydrogens is 252 g/mol. The molecule has 116 valence electrons.